The summed E-state index contributed by atoms with van der Waals surface area (Å²) in [6.07, 6.45) is 2.26. The molecule has 0 saturated heterocycles. The summed E-state index contributed by atoms with van der Waals surface area (Å²) < 4.78 is 0. The van der Waals surface area contributed by atoms with Crippen LogP contribution in [-0.2, 0) is 10.2 Å². The van der Waals surface area contributed by atoms with Crippen LogP contribution in [0.2, 0.25) is 0 Å². The molecule has 1 rings (SSSR count). The minimum Gasteiger partial charge on any atom is -0.326 e. The van der Waals surface area contributed by atoms with Gasteiger partial charge in [-0.2, -0.15) is 0 Å². The highest BCUT2D eigenvalue weighted by molar-refractivity contribution is 6.17. The van der Waals surface area contributed by atoms with Crippen LogP contribution in [0.25, 0.3) is 0 Å². The molecule has 0 unspecified atom stereocenters. The van der Waals surface area contributed by atoms with Crippen molar-refractivity contribution in [3.63, 3.8) is 0 Å². The van der Waals surface area contributed by atoms with Gasteiger partial charge in [0.1, 0.15) is 0 Å². The lowest BCUT2D eigenvalue weighted by molar-refractivity contribution is -0.116. The third-order valence-electron chi connectivity index (χ3n) is 2.82. The molecule has 0 bridgehead atoms. The lowest BCUT2D eigenvalue weighted by Gasteiger charge is -2.19. The predicted molar refractivity (Wildman–Crippen MR) is 78.3 cm³/mol. The van der Waals surface area contributed by atoms with E-state index in [4.69, 9.17) is 11.6 Å². The summed E-state index contributed by atoms with van der Waals surface area (Å²) in [6, 6.07) is 8.04. The maximum atomic E-state index is 11.6. The molecule has 0 aliphatic heterocycles. The van der Waals surface area contributed by atoms with Crippen LogP contribution in [0.5, 0.6) is 0 Å². The van der Waals surface area contributed by atoms with E-state index in [1.54, 1.807) is 0 Å². The number of amides is 1. The van der Waals surface area contributed by atoms with E-state index in [1.165, 1.54) is 5.56 Å². The van der Waals surface area contributed by atoms with Gasteiger partial charge < -0.3 is 5.32 Å². The summed E-state index contributed by atoms with van der Waals surface area (Å²) in [5, 5.41) is 2.90. The third-order valence-corrected chi connectivity index (χ3v) is 3.09. The number of carbonyl (C=O) groups is 1. The van der Waals surface area contributed by atoms with E-state index in [0.29, 0.717) is 12.3 Å². The van der Waals surface area contributed by atoms with Gasteiger partial charge in [0.15, 0.2) is 0 Å². The maximum absolute atomic E-state index is 11.6. The summed E-state index contributed by atoms with van der Waals surface area (Å²) in [4.78, 5) is 11.6. The number of nitrogens with one attached hydrogen (secondary N) is 1. The zero-order valence-electron chi connectivity index (χ0n) is 11.4. The van der Waals surface area contributed by atoms with E-state index < -0.39 is 0 Å². The molecule has 0 atom stereocenters. The Balaban J connectivity index is 2.51. The molecule has 100 valence electrons. The third kappa shape index (κ3) is 5.09. The number of anilines is 1. The number of rotatable bonds is 5. The molecule has 3 heteroatoms. The second-order valence-corrected chi connectivity index (χ2v) is 5.90. The van der Waals surface area contributed by atoms with Gasteiger partial charge in [-0.15, -0.1) is 11.6 Å². The fourth-order valence-corrected chi connectivity index (χ4v) is 1.85. The van der Waals surface area contributed by atoms with E-state index >= 15 is 0 Å². The van der Waals surface area contributed by atoms with Crippen molar-refractivity contribution in [1.82, 2.24) is 0 Å². The first-order valence-corrected chi connectivity index (χ1v) is 6.93. The largest absolute Gasteiger partial charge is 0.326 e. The number of halogens is 1. The fourth-order valence-electron chi connectivity index (χ4n) is 1.66. The van der Waals surface area contributed by atoms with Gasteiger partial charge in [0, 0.05) is 18.0 Å². The van der Waals surface area contributed by atoms with Crippen molar-refractivity contribution >= 4 is 23.2 Å². The first-order chi connectivity index (χ1) is 8.43. The Morgan fingerprint density at radius 1 is 1.17 bits per heavy atom. The lowest BCUT2D eigenvalue weighted by atomic mass is 9.87. The van der Waals surface area contributed by atoms with Crippen LogP contribution in [0.15, 0.2) is 24.3 Å². The summed E-state index contributed by atoms with van der Waals surface area (Å²) in [7, 11) is 0. The Kier molecular flexibility index (Phi) is 5.67. The smallest absolute Gasteiger partial charge is 0.224 e. The van der Waals surface area contributed by atoms with E-state index in [-0.39, 0.29) is 11.3 Å². The van der Waals surface area contributed by atoms with Crippen LogP contribution in [0.3, 0.4) is 0 Å². The zero-order chi connectivity index (χ0) is 13.6. The summed E-state index contributed by atoms with van der Waals surface area (Å²) in [6.45, 7) is 6.52. The molecule has 0 radical (unpaired) electrons. The SMILES string of the molecule is CC(C)(C)c1ccc(NC(=O)CCCCCl)cc1. The number of hydrogen-bond acceptors (Lipinski definition) is 1. The van der Waals surface area contributed by atoms with Gasteiger partial charge in [-0.3, -0.25) is 4.79 Å². The number of hydrogen-bond donors (Lipinski definition) is 1. The molecule has 0 spiro atoms. The van der Waals surface area contributed by atoms with Crippen molar-refractivity contribution in [2.45, 2.75) is 45.4 Å². The van der Waals surface area contributed by atoms with E-state index in [9.17, 15) is 4.79 Å². The Bertz CT molecular complexity index is 378. The van der Waals surface area contributed by atoms with Crippen molar-refractivity contribution in [2.24, 2.45) is 0 Å². The van der Waals surface area contributed by atoms with Crippen molar-refractivity contribution in [1.29, 1.82) is 0 Å². The highest BCUT2D eigenvalue weighted by Crippen LogP contribution is 2.23. The Morgan fingerprint density at radius 3 is 2.28 bits per heavy atom. The number of carbonyl (C=O) groups excluding carboxylic acids is 1. The molecule has 0 saturated carbocycles. The average Bonchev–Trinajstić information content (AvgIpc) is 2.29. The molecule has 18 heavy (non-hydrogen) atoms. The Morgan fingerprint density at radius 2 is 1.78 bits per heavy atom. The molecule has 0 fully saturated rings. The second kappa shape index (κ2) is 6.79. The zero-order valence-corrected chi connectivity index (χ0v) is 12.2. The van der Waals surface area contributed by atoms with Crippen molar-refractivity contribution < 1.29 is 4.79 Å². The van der Waals surface area contributed by atoms with Crippen LogP contribution in [0.4, 0.5) is 5.69 Å². The van der Waals surface area contributed by atoms with Gasteiger partial charge in [0.05, 0.1) is 0 Å². The van der Waals surface area contributed by atoms with Crippen molar-refractivity contribution in [2.75, 3.05) is 11.2 Å². The molecular formula is C15H22ClNO. The van der Waals surface area contributed by atoms with Crippen molar-refractivity contribution in [3.8, 4) is 0 Å². The standard InChI is InChI=1S/C15H22ClNO/c1-15(2,3)12-7-9-13(10-8-12)17-14(18)6-4-5-11-16/h7-10H,4-6,11H2,1-3H3,(H,17,18). The number of benzene rings is 1. The normalized spacial score (nSPS) is 11.3. The molecule has 2 nitrogen and oxygen atoms in total. The first-order valence-electron chi connectivity index (χ1n) is 6.40. The summed E-state index contributed by atoms with van der Waals surface area (Å²) in [5.41, 5.74) is 2.27. The molecule has 1 aromatic carbocycles. The van der Waals surface area contributed by atoms with Gasteiger partial charge in [-0.1, -0.05) is 32.9 Å². The van der Waals surface area contributed by atoms with E-state index in [1.807, 2.05) is 12.1 Å². The van der Waals surface area contributed by atoms with Gasteiger partial charge in [0.25, 0.3) is 0 Å². The van der Waals surface area contributed by atoms with Crippen LogP contribution in [0.1, 0.15) is 45.6 Å². The molecule has 1 amide bonds. The molecule has 1 aromatic rings. The molecule has 1 N–H and O–H groups in total. The van der Waals surface area contributed by atoms with Crippen LogP contribution in [0, 0.1) is 0 Å². The van der Waals surface area contributed by atoms with Gasteiger partial charge in [-0.05, 0) is 36.0 Å². The maximum Gasteiger partial charge on any atom is 0.224 e. The Labute approximate surface area is 115 Å². The van der Waals surface area contributed by atoms with E-state index in [2.05, 4.69) is 38.2 Å². The van der Waals surface area contributed by atoms with Crippen LogP contribution >= 0.6 is 11.6 Å². The van der Waals surface area contributed by atoms with Gasteiger partial charge >= 0.3 is 0 Å². The topological polar surface area (TPSA) is 29.1 Å². The second-order valence-electron chi connectivity index (χ2n) is 5.52. The molecule has 0 aliphatic rings. The van der Waals surface area contributed by atoms with Crippen LogP contribution in [-0.4, -0.2) is 11.8 Å². The van der Waals surface area contributed by atoms with Crippen LogP contribution < -0.4 is 5.32 Å². The van der Waals surface area contributed by atoms with Gasteiger partial charge in [-0.25, -0.2) is 0 Å². The fraction of sp³-hybridized carbons (Fsp3) is 0.533. The summed E-state index contributed by atoms with van der Waals surface area (Å²) >= 11 is 5.57. The molecular weight excluding hydrogens is 246 g/mol. The monoisotopic (exact) mass is 267 g/mol. The minimum atomic E-state index is 0.0589. The number of alkyl halides is 1. The van der Waals surface area contributed by atoms with E-state index in [0.717, 1.165) is 18.5 Å². The van der Waals surface area contributed by atoms with Crippen molar-refractivity contribution in [3.05, 3.63) is 29.8 Å². The molecule has 0 aromatic heterocycles. The molecule has 0 aliphatic carbocycles. The Hall–Kier alpha value is -1.02. The van der Waals surface area contributed by atoms with Gasteiger partial charge in [0.2, 0.25) is 5.91 Å². The highest BCUT2D eigenvalue weighted by Gasteiger charge is 2.13. The predicted octanol–water partition coefficient (Wildman–Crippen LogP) is 4.33. The highest BCUT2D eigenvalue weighted by atomic mass is 35.5. The average molecular weight is 268 g/mol. The minimum absolute atomic E-state index is 0.0589. The number of unbranched alkanes of at least 4 members (excludes halogenated alkanes) is 1. The first kappa shape index (κ1) is 15.0. The summed E-state index contributed by atoms with van der Waals surface area (Å²) in [5.74, 6) is 0.678. The quantitative estimate of drug-likeness (QED) is 0.624. The molecule has 0 heterocycles. The lowest BCUT2D eigenvalue weighted by Crippen LogP contribution is -2.13.